The first-order valence-electron chi connectivity index (χ1n) is 10.9. The van der Waals surface area contributed by atoms with E-state index in [0.717, 1.165) is 13.1 Å². The van der Waals surface area contributed by atoms with Crippen molar-refractivity contribution >= 4 is 17.7 Å². The zero-order valence-electron chi connectivity index (χ0n) is 17.7. The molecule has 4 aliphatic rings. The second-order valence-electron chi connectivity index (χ2n) is 9.54. The smallest absolute Gasteiger partial charge is 0.244 e. The predicted molar refractivity (Wildman–Crippen MR) is 107 cm³/mol. The zero-order chi connectivity index (χ0) is 21.5. The van der Waals surface area contributed by atoms with E-state index in [4.69, 9.17) is 4.74 Å². The molecule has 3 saturated heterocycles. The first kappa shape index (κ1) is 21.1. The normalized spacial score (nSPS) is 33.4. The summed E-state index contributed by atoms with van der Waals surface area (Å²) < 4.78 is 5.35. The summed E-state index contributed by atoms with van der Waals surface area (Å²) in [6.45, 7) is 8.43. The SMILES string of the molecule is CC1(C)[C@@H]2[C@@H](C(=O)N[C@H](C#N)CC3CCNC3=O)N(C(=O)CN3CCOCC3)C[C@@H]21. The van der Waals surface area contributed by atoms with Gasteiger partial charge in [0, 0.05) is 32.1 Å². The molecule has 30 heavy (non-hydrogen) atoms. The number of nitrogens with zero attached hydrogens (tertiary/aromatic N) is 3. The standard InChI is InChI=1S/C21H31N5O4/c1-21(2)15-11-26(16(27)12-25-5-7-30-8-6-25)18(17(15)21)20(29)24-14(10-22)9-13-3-4-23-19(13)28/h13-15,17-18H,3-9,11-12H2,1-2H3,(H,23,28)(H,24,29)/t13?,14-,15-,17-,18-/m0/s1. The Balaban J connectivity index is 1.41. The van der Waals surface area contributed by atoms with E-state index in [1.165, 1.54) is 0 Å². The highest BCUT2D eigenvalue weighted by Gasteiger charge is 2.69. The Morgan fingerprint density at radius 1 is 1.37 bits per heavy atom. The van der Waals surface area contributed by atoms with Crippen LogP contribution in [0.25, 0.3) is 0 Å². The van der Waals surface area contributed by atoms with Gasteiger partial charge in [-0.15, -0.1) is 0 Å². The minimum atomic E-state index is -0.733. The Hall–Kier alpha value is -2.18. The molecule has 164 valence electrons. The molecule has 3 aliphatic heterocycles. The van der Waals surface area contributed by atoms with Crippen LogP contribution in [0.4, 0.5) is 0 Å². The fraction of sp³-hybridized carbons (Fsp3) is 0.810. The van der Waals surface area contributed by atoms with E-state index in [2.05, 4.69) is 35.5 Å². The minimum Gasteiger partial charge on any atom is -0.379 e. The number of hydrogen-bond acceptors (Lipinski definition) is 6. The average molecular weight is 418 g/mol. The molecular formula is C21H31N5O4. The Morgan fingerprint density at radius 3 is 2.73 bits per heavy atom. The predicted octanol–water partition coefficient (Wildman–Crippen LogP) is -0.664. The van der Waals surface area contributed by atoms with Gasteiger partial charge in [0.2, 0.25) is 17.7 Å². The summed E-state index contributed by atoms with van der Waals surface area (Å²) in [5.41, 5.74) is 0.0191. The van der Waals surface area contributed by atoms with Gasteiger partial charge in [-0.25, -0.2) is 0 Å². The number of hydrogen-bond donors (Lipinski definition) is 2. The molecule has 9 nitrogen and oxygen atoms in total. The summed E-state index contributed by atoms with van der Waals surface area (Å²) in [5, 5.41) is 15.1. The number of fused-ring (bicyclic) bond motifs is 1. The quantitative estimate of drug-likeness (QED) is 0.593. The summed E-state index contributed by atoms with van der Waals surface area (Å²) in [7, 11) is 0. The van der Waals surface area contributed by atoms with Crippen molar-refractivity contribution in [1.29, 1.82) is 5.26 Å². The monoisotopic (exact) mass is 417 g/mol. The van der Waals surface area contributed by atoms with Crippen molar-refractivity contribution in [2.45, 2.75) is 38.8 Å². The van der Waals surface area contributed by atoms with E-state index in [-0.39, 0.29) is 41.5 Å². The van der Waals surface area contributed by atoms with Crippen molar-refractivity contribution in [3.63, 3.8) is 0 Å². The Kier molecular flexibility index (Phi) is 5.73. The van der Waals surface area contributed by atoms with Gasteiger partial charge in [-0.1, -0.05) is 13.8 Å². The number of ether oxygens (including phenoxy) is 1. The highest BCUT2D eigenvalue weighted by Crippen LogP contribution is 2.64. The molecule has 1 saturated carbocycles. The topological polar surface area (TPSA) is 115 Å². The fourth-order valence-electron chi connectivity index (χ4n) is 5.44. The zero-order valence-corrected chi connectivity index (χ0v) is 17.7. The molecule has 9 heteroatoms. The first-order valence-corrected chi connectivity index (χ1v) is 10.9. The van der Waals surface area contributed by atoms with Crippen molar-refractivity contribution in [2.75, 3.05) is 45.9 Å². The highest BCUT2D eigenvalue weighted by atomic mass is 16.5. The molecule has 0 aromatic heterocycles. The summed E-state index contributed by atoms with van der Waals surface area (Å²) in [6.07, 6.45) is 0.984. The average Bonchev–Trinajstić information content (AvgIpc) is 3.09. The molecule has 5 atom stereocenters. The van der Waals surface area contributed by atoms with Crippen molar-refractivity contribution in [1.82, 2.24) is 20.4 Å². The number of piperidine rings is 1. The van der Waals surface area contributed by atoms with Gasteiger partial charge in [0.05, 0.1) is 25.8 Å². The van der Waals surface area contributed by atoms with Crippen molar-refractivity contribution in [3.05, 3.63) is 0 Å². The molecule has 2 N–H and O–H groups in total. The minimum absolute atomic E-state index is 0.0191. The molecule has 4 rings (SSSR count). The van der Waals surface area contributed by atoms with Gasteiger partial charge in [0.25, 0.3) is 0 Å². The van der Waals surface area contributed by atoms with Crippen LogP contribution < -0.4 is 10.6 Å². The van der Waals surface area contributed by atoms with Gasteiger partial charge < -0.3 is 20.3 Å². The van der Waals surface area contributed by atoms with Gasteiger partial charge in [0.1, 0.15) is 12.1 Å². The molecular weight excluding hydrogens is 386 g/mol. The van der Waals surface area contributed by atoms with E-state index in [9.17, 15) is 19.6 Å². The van der Waals surface area contributed by atoms with Gasteiger partial charge in [0.15, 0.2) is 0 Å². The van der Waals surface area contributed by atoms with E-state index >= 15 is 0 Å². The Morgan fingerprint density at radius 2 is 2.10 bits per heavy atom. The lowest BCUT2D eigenvalue weighted by Crippen LogP contribution is -2.54. The Labute approximate surface area is 177 Å². The summed E-state index contributed by atoms with van der Waals surface area (Å²) in [5.74, 6) is -0.195. The third kappa shape index (κ3) is 3.91. The van der Waals surface area contributed by atoms with Gasteiger partial charge in [-0.2, -0.15) is 5.26 Å². The number of rotatable bonds is 6. The van der Waals surface area contributed by atoms with E-state index in [0.29, 0.717) is 45.1 Å². The lowest BCUT2D eigenvalue weighted by molar-refractivity contribution is -0.142. The van der Waals surface area contributed by atoms with Crippen LogP contribution in [-0.4, -0.2) is 85.5 Å². The maximum absolute atomic E-state index is 13.2. The number of likely N-dealkylation sites (tertiary alicyclic amines) is 1. The van der Waals surface area contributed by atoms with Crippen LogP contribution in [0.3, 0.4) is 0 Å². The van der Waals surface area contributed by atoms with Crippen molar-refractivity contribution in [3.8, 4) is 6.07 Å². The highest BCUT2D eigenvalue weighted by molar-refractivity contribution is 5.90. The largest absolute Gasteiger partial charge is 0.379 e. The third-order valence-corrected chi connectivity index (χ3v) is 7.42. The number of carbonyl (C=O) groups excluding carboxylic acids is 3. The van der Waals surface area contributed by atoms with Crippen LogP contribution in [0.15, 0.2) is 0 Å². The molecule has 0 aromatic carbocycles. The molecule has 3 heterocycles. The summed E-state index contributed by atoms with van der Waals surface area (Å²) in [4.78, 5) is 41.9. The maximum atomic E-state index is 13.2. The van der Waals surface area contributed by atoms with E-state index in [1.807, 2.05) is 0 Å². The van der Waals surface area contributed by atoms with Crippen LogP contribution in [-0.2, 0) is 19.1 Å². The lowest BCUT2D eigenvalue weighted by Gasteiger charge is -2.33. The van der Waals surface area contributed by atoms with Gasteiger partial charge >= 0.3 is 0 Å². The maximum Gasteiger partial charge on any atom is 0.244 e. The fourth-order valence-corrected chi connectivity index (χ4v) is 5.44. The van der Waals surface area contributed by atoms with Crippen LogP contribution in [0.5, 0.6) is 0 Å². The van der Waals surface area contributed by atoms with Gasteiger partial charge in [-0.05, 0) is 30.1 Å². The molecule has 1 unspecified atom stereocenters. The summed E-state index contributed by atoms with van der Waals surface area (Å²) in [6, 6.07) is 0.843. The van der Waals surface area contributed by atoms with Crippen LogP contribution in [0, 0.1) is 34.5 Å². The number of nitriles is 1. The summed E-state index contributed by atoms with van der Waals surface area (Å²) >= 11 is 0. The number of nitrogens with one attached hydrogen (secondary N) is 2. The molecule has 4 fully saturated rings. The van der Waals surface area contributed by atoms with Crippen molar-refractivity contribution in [2.24, 2.45) is 23.2 Å². The number of carbonyl (C=O) groups is 3. The van der Waals surface area contributed by atoms with E-state index < -0.39 is 12.1 Å². The molecule has 1 aliphatic carbocycles. The molecule has 0 spiro atoms. The molecule has 3 amide bonds. The molecule has 0 bridgehead atoms. The third-order valence-electron chi connectivity index (χ3n) is 7.42. The van der Waals surface area contributed by atoms with Crippen LogP contribution in [0.2, 0.25) is 0 Å². The molecule has 0 radical (unpaired) electrons. The lowest BCUT2D eigenvalue weighted by atomic mass is 9.97. The van der Waals surface area contributed by atoms with E-state index in [1.54, 1.807) is 4.90 Å². The van der Waals surface area contributed by atoms with Gasteiger partial charge in [-0.3, -0.25) is 19.3 Å². The van der Waals surface area contributed by atoms with Crippen LogP contribution >= 0.6 is 0 Å². The van der Waals surface area contributed by atoms with Crippen LogP contribution in [0.1, 0.15) is 26.7 Å². The number of amides is 3. The van der Waals surface area contributed by atoms with Crippen molar-refractivity contribution < 1.29 is 19.1 Å². The second-order valence-corrected chi connectivity index (χ2v) is 9.54. The second kappa shape index (κ2) is 8.16. The molecule has 0 aromatic rings. The Bertz CT molecular complexity index is 757. The number of morpholine rings is 1. The first-order chi connectivity index (χ1) is 14.3.